The number of furan rings is 3. The summed E-state index contributed by atoms with van der Waals surface area (Å²) < 4.78 is 18.5. The van der Waals surface area contributed by atoms with E-state index in [0.29, 0.717) is 30.2 Å². The number of hydrogen-bond acceptors (Lipinski definition) is 5. The molecule has 0 atom stereocenters. The molecule has 1 amide bonds. The van der Waals surface area contributed by atoms with E-state index in [9.17, 15) is 4.79 Å². The maximum atomic E-state index is 13.6. The second-order valence-electron chi connectivity index (χ2n) is 8.22. The monoisotopic (exact) mass is 496 g/mol. The standard InChI is InChI=1S/C25H25BrN2O4/c1-17-21-9-7-18(26)14-22(21)32-24(17)25(29)28(15-19-6-5-13-30-19)16-20-8-10-23(31-20)27-11-3-2-4-12-27/h5-10,13-14H,2-4,11-12,15-16H2,1H3. The Morgan fingerprint density at radius 3 is 2.62 bits per heavy atom. The van der Waals surface area contributed by atoms with Crippen molar-refractivity contribution in [1.82, 2.24) is 4.90 Å². The van der Waals surface area contributed by atoms with Crippen molar-refractivity contribution in [2.45, 2.75) is 39.3 Å². The van der Waals surface area contributed by atoms with E-state index in [4.69, 9.17) is 13.3 Å². The second kappa shape index (κ2) is 8.90. The first-order valence-electron chi connectivity index (χ1n) is 10.9. The molecular formula is C25H25BrN2O4. The van der Waals surface area contributed by atoms with E-state index in [2.05, 4.69) is 20.8 Å². The molecule has 4 heterocycles. The first kappa shape index (κ1) is 20.9. The fourth-order valence-electron chi connectivity index (χ4n) is 4.26. The summed E-state index contributed by atoms with van der Waals surface area (Å²) in [6, 6.07) is 13.4. The predicted octanol–water partition coefficient (Wildman–Crippen LogP) is 6.52. The summed E-state index contributed by atoms with van der Waals surface area (Å²) in [7, 11) is 0. The van der Waals surface area contributed by atoms with Crippen molar-refractivity contribution >= 4 is 38.7 Å². The van der Waals surface area contributed by atoms with Crippen molar-refractivity contribution in [2.24, 2.45) is 0 Å². The maximum absolute atomic E-state index is 13.6. The van der Waals surface area contributed by atoms with Crippen molar-refractivity contribution in [2.75, 3.05) is 18.0 Å². The minimum Gasteiger partial charge on any atom is -0.467 e. The number of rotatable bonds is 6. The molecule has 166 valence electrons. The summed E-state index contributed by atoms with van der Waals surface area (Å²) in [4.78, 5) is 17.6. The molecule has 6 nitrogen and oxygen atoms in total. The number of halogens is 1. The highest BCUT2D eigenvalue weighted by Crippen LogP contribution is 2.30. The molecule has 32 heavy (non-hydrogen) atoms. The molecule has 1 aliphatic heterocycles. The zero-order chi connectivity index (χ0) is 22.1. The van der Waals surface area contributed by atoms with Crippen LogP contribution in [-0.4, -0.2) is 23.9 Å². The van der Waals surface area contributed by atoms with Gasteiger partial charge in [-0.1, -0.05) is 15.9 Å². The zero-order valence-electron chi connectivity index (χ0n) is 18.0. The Kier molecular flexibility index (Phi) is 5.83. The van der Waals surface area contributed by atoms with E-state index in [1.807, 2.05) is 49.4 Å². The van der Waals surface area contributed by atoms with Crippen molar-refractivity contribution in [3.63, 3.8) is 0 Å². The van der Waals surface area contributed by atoms with Crippen LogP contribution in [0.15, 0.2) is 66.5 Å². The van der Waals surface area contributed by atoms with E-state index in [1.54, 1.807) is 11.2 Å². The lowest BCUT2D eigenvalue weighted by Gasteiger charge is -2.26. The molecule has 0 aliphatic carbocycles. The summed E-state index contributed by atoms with van der Waals surface area (Å²) in [6.07, 6.45) is 5.24. The van der Waals surface area contributed by atoms with Gasteiger partial charge in [-0.2, -0.15) is 0 Å². The number of carbonyl (C=O) groups is 1. The number of piperidine rings is 1. The number of aryl methyl sites for hydroxylation is 1. The average Bonchev–Trinajstić information content (AvgIpc) is 3.55. The predicted molar refractivity (Wildman–Crippen MR) is 126 cm³/mol. The molecule has 0 unspecified atom stereocenters. The normalized spacial score (nSPS) is 14.2. The third-order valence-corrected chi connectivity index (χ3v) is 6.46. The molecular weight excluding hydrogens is 472 g/mol. The number of benzene rings is 1. The molecule has 0 radical (unpaired) electrons. The molecule has 0 bridgehead atoms. The van der Waals surface area contributed by atoms with Crippen LogP contribution in [0.2, 0.25) is 0 Å². The zero-order valence-corrected chi connectivity index (χ0v) is 19.6. The number of nitrogens with zero attached hydrogens (tertiary/aromatic N) is 2. The maximum Gasteiger partial charge on any atom is 0.290 e. The summed E-state index contributed by atoms with van der Waals surface area (Å²) >= 11 is 3.47. The molecule has 0 spiro atoms. The summed E-state index contributed by atoms with van der Waals surface area (Å²) in [6.45, 7) is 4.59. The van der Waals surface area contributed by atoms with Crippen LogP contribution in [0.3, 0.4) is 0 Å². The molecule has 3 aromatic heterocycles. The van der Waals surface area contributed by atoms with Crippen LogP contribution in [-0.2, 0) is 13.1 Å². The molecule has 0 saturated carbocycles. The van der Waals surface area contributed by atoms with Gasteiger partial charge in [0.25, 0.3) is 5.91 Å². The van der Waals surface area contributed by atoms with Crippen molar-refractivity contribution in [3.8, 4) is 0 Å². The molecule has 1 aliphatic rings. The Morgan fingerprint density at radius 2 is 1.84 bits per heavy atom. The van der Waals surface area contributed by atoms with Gasteiger partial charge in [0.2, 0.25) is 0 Å². The summed E-state index contributed by atoms with van der Waals surface area (Å²) in [5.41, 5.74) is 1.51. The highest BCUT2D eigenvalue weighted by Gasteiger charge is 2.26. The van der Waals surface area contributed by atoms with Gasteiger partial charge in [-0.25, -0.2) is 0 Å². The molecule has 4 aromatic rings. The van der Waals surface area contributed by atoms with Crippen LogP contribution in [0.5, 0.6) is 0 Å². The smallest absolute Gasteiger partial charge is 0.290 e. The van der Waals surface area contributed by atoms with Gasteiger partial charge in [0.15, 0.2) is 11.6 Å². The topological polar surface area (TPSA) is 63.0 Å². The Bertz CT molecular complexity index is 1220. The van der Waals surface area contributed by atoms with Gasteiger partial charge in [0, 0.05) is 34.6 Å². The van der Waals surface area contributed by atoms with E-state index in [1.165, 1.54) is 19.3 Å². The van der Waals surface area contributed by atoms with Gasteiger partial charge in [0.05, 0.1) is 19.4 Å². The number of fused-ring (bicyclic) bond motifs is 1. The van der Waals surface area contributed by atoms with Gasteiger partial charge in [-0.15, -0.1) is 0 Å². The molecule has 1 aromatic carbocycles. The van der Waals surface area contributed by atoms with Crippen LogP contribution in [0.25, 0.3) is 11.0 Å². The first-order valence-corrected chi connectivity index (χ1v) is 11.7. The van der Waals surface area contributed by atoms with Gasteiger partial charge in [-0.3, -0.25) is 4.79 Å². The van der Waals surface area contributed by atoms with Gasteiger partial charge < -0.3 is 23.1 Å². The van der Waals surface area contributed by atoms with E-state index >= 15 is 0 Å². The largest absolute Gasteiger partial charge is 0.467 e. The quantitative estimate of drug-likeness (QED) is 0.303. The van der Waals surface area contributed by atoms with Crippen LogP contribution in [0.4, 0.5) is 5.88 Å². The molecule has 1 saturated heterocycles. The lowest BCUT2D eigenvalue weighted by molar-refractivity contribution is 0.0674. The Labute approximate surface area is 194 Å². The van der Waals surface area contributed by atoms with Gasteiger partial charge in [0.1, 0.15) is 17.1 Å². The average molecular weight is 497 g/mol. The van der Waals surface area contributed by atoms with Crippen molar-refractivity contribution in [1.29, 1.82) is 0 Å². The SMILES string of the molecule is Cc1c(C(=O)N(Cc2ccco2)Cc2ccc(N3CCCCC3)o2)oc2cc(Br)ccc12. The highest BCUT2D eigenvalue weighted by molar-refractivity contribution is 9.10. The lowest BCUT2D eigenvalue weighted by Crippen LogP contribution is -2.30. The number of amides is 1. The Balaban J connectivity index is 1.43. The van der Waals surface area contributed by atoms with Crippen molar-refractivity contribution in [3.05, 3.63) is 76.0 Å². The third-order valence-electron chi connectivity index (χ3n) is 5.97. The molecule has 5 rings (SSSR count). The Hall–Kier alpha value is -2.93. The number of anilines is 1. The number of hydrogen-bond donors (Lipinski definition) is 0. The molecule has 7 heteroatoms. The first-order chi connectivity index (χ1) is 15.6. The highest BCUT2D eigenvalue weighted by atomic mass is 79.9. The third kappa shape index (κ3) is 4.21. The van der Waals surface area contributed by atoms with Crippen LogP contribution >= 0.6 is 15.9 Å². The minimum atomic E-state index is -0.192. The second-order valence-corrected chi connectivity index (χ2v) is 9.14. The van der Waals surface area contributed by atoms with E-state index in [-0.39, 0.29) is 5.91 Å². The van der Waals surface area contributed by atoms with E-state index < -0.39 is 0 Å². The molecule has 0 N–H and O–H groups in total. The fraction of sp³-hybridized carbons (Fsp3) is 0.320. The Morgan fingerprint density at radius 1 is 1.03 bits per heavy atom. The van der Waals surface area contributed by atoms with Crippen LogP contribution in [0.1, 0.15) is 46.9 Å². The van der Waals surface area contributed by atoms with Gasteiger partial charge in [-0.05, 0) is 62.6 Å². The summed E-state index contributed by atoms with van der Waals surface area (Å²) in [5, 5.41) is 0.930. The fourth-order valence-corrected chi connectivity index (χ4v) is 4.60. The van der Waals surface area contributed by atoms with E-state index in [0.717, 1.165) is 40.2 Å². The molecule has 1 fully saturated rings. The van der Waals surface area contributed by atoms with Gasteiger partial charge >= 0.3 is 0 Å². The van der Waals surface area contributed by atoms with Crippen molar-refractivity contribution < 1.29 is 18.0 Å². The minimum absolute atomic E-state index is 0.192. The van der Waals surface area contributed by atoms with Crippen LogP contribution in [0, 0.1) is 6.92 Å². The van der Waals surface area contributed by atoms with Crippen LogP contribution < -0.4 is 4.90 Å². The number of carbonyl (C=O) groups excluding carboxylic acids is 1. The lowest BCUT2D eigenvalue weighted by atomic mass is 10.1. The summed E-state index contributed by atoms with van der Waals surface area (Å²) in [5.74, 6) is 2.46.